The van der Waals surface area contributed by atoms with Crippen molar-refractivity contribution < 1.29 is 0 Å². The van der Waals surface area contributed by atoms with E-state index in [0.717, 1.165) is 18.6 Å². The van der Waals surface area contributed by atoms with Gasteiger partial charge in [-0.15, -0.1) is 0 Å². The zero-order valence-corrected chi connectivity index (χ0v) is 6.43. The van der Waals surface area contributed by atoms with Crippen molar-refractivity contribution in [1.82, 2.24) is 4.90 Å². The van der Waals surface area contributed by atoms with Gasteiger partial charge >= 0.3 is 0 Å². The molecule has 0 N–H and O–H groups in total. The molecule has 1 nitrogen and oxygen atoms in total. The van der Waals surface area contributed by atoms with Crippen LogP contribution in [0.1, 0.15) is 26.7 Å². The molecule has 0 bridgehead atoms. The van der Waals surface area contributed by atoms with Crippen molar-refractivity contribution in [2.24, 2.45) is 0 Å². The summed E-state index contributed by atoms with van der Waals surface area (Å²) in [7, 11) is 0. The molecular weight excluding hydrogens is 110 g/mol. The highest BCUT2D eigenvalue weighted by Crippen LogP contribution is 2.21. The molecule has 0 spiro atoms. The lowest BCUT2D eigenvalue weighted by atomic mass is 10.2. The summed E-state index contributed by atoms with van der Waals surface area (Å²) in [5.74, 6) is 0. The predicted octanol–water partition coefficient (Wildman–Crippen LogP) is 1.69. The van der Waals surface area contributed by atoms with E-state index in [9.17, 15) is 0 Å². The van der Waals surface area contributed by atoms with E-state index in [1.807, 2.05) is 0 Å². The molecule has 0 amide bonds. The largest absolute Gasteiger partial charge is 0.298 e. The standard InChI is InChI=1S/C8H16N/c1-4-9-7(2)5-6-8(9)3/h7-8H,1,4-6H2,2-3H3. The van der Waals surface area contributed by atoms with Crippen molar-refractivity contribution in [3.8, 4) is 0 Å². The van der Waals surface area contributed by atoms with E-state index in [1.165, 1.54) is 12.8 Å². The maximum Gasteiger partial charge on any atom is 0.00703 e. The molecule has 53 valence electrons. The second-order valence-electron chi connectivity index (χ2n) is 3.01. The van der Waals surface area contributed by atoms with E-state index >= 15 is 0 Å². The van der Waals surface area contributed by atoms with Gasteiger partial charge in [-0.05, 0) is 40.2 Å². The van der Waals surface area contributed by atoms with Gasteiger partial charge in [-0.2, -0.15) is 0 Å². The van der Waals surface area contributed by atoms with Crippen molar-refractivity contribution in [3.63, 3.8) is 0 Å². The predicted molar refractivity (Wildman–Crippen MR) is 40.2 cm³/mol. The molecule has 0 aromatic heterocycles. The number of hydrogen-bond acceptors (Lipinski definition) is 1. The minimum absolute atomic E-state index is 0.775. The monoisotopic (exact) mass is 126 g/mol. The molecule has 1 aliphatic heterocycles. The first-order chi connectivity index (χ1) is 4.25. The van der Waals surface area contributed by atoms with Crippen molar-refractivity contribution in [3.05, 3.63) is 6.92 Å². The first-order valence-corrected chi connectivity index (χ1v) is 3.80. The molecule has 0 aromatic carbocycles. The maximum atomic E-state index is 3.89. The summed E-state index contributed by atoms with van der Waals surface area (Å²) in [5, 5.41) is 0. The van der Waals surface area contributed by atoms with E-state index in [-0.39, 0.29) is 0 Å². The Morgan fingerprint density at radius 1 is 1.33 bits per heavy atom. The fraction of sp³-hybridized carbons (Fsp3) is 0.875. The molecule has 0 saturated carbocycles. The zero-order valence-electron chi connectivity index (χ0n) is 6.43. The average molecular weight is 126 g/mol. The summed E-state index contributed by atoms with van der Waals surface area (Å²) in [4.78, 5) is 2.46. The average Bonchev–Trinajstić information content (AvgIpc) is 2.12. The summed E-state index contributed by atoms with van der Waals surface area (Å²) >= 11 is 0. The van der Waals surface area contributed by atoms with Crippen LogP contribution >= 0.6 is 0 Å². The second kappa shape index (κ2) is 2.70. The fourth-order valence-electron chi connectivity index (χ4n) is 1.69. The van der Waals surface area contributed by atoms with Crippen molar-refractivity contribution in [2.45, 2.75) is 38.8 Å². The Bertz CT molecular complexity index is 80.6. The number of nitrogens with zero attached hydrogens (tertiary/aromatic N) is 1. The van der Waals surface area contributed by atoms with Gasteiger partial charge in [-0.1, -0.05) is 0 Å². The molecule has 1 heteroatoms. The normalized spacial score (nSPS) is 37.7. The van der Waals surface area contributed by atoms with Gasteiger partial charge in [-0.3, -0.25) is 4.90 Å². The highest BCUT2D eigenvalue weighted by atomic mass is 15.2. The van der Waals surface area contributed by atoms with Gasteiger partial charge in [0.25, 0.3) is 0 Å². The fourth-order valence-corrected chi connectivity index (χ4v) is 1.69. The lowest BCUT2D eigenvalue weighted by Crippen LogP contribution is -2.32. The Hall–Kier alpha value is -0.0400. The van der Waals surface area contributed by atoms with Crippen molar-refractivity contribution in [2.75, 3.05) is 6.54 Å². The van der Waals surface area contributed by atoms with E-state index in [4.69, 9.17) is 0 Å². The third-order valence-corrected chi connectivity index (χ3v) is 2.39. The summed E-state index contributed by atoms with van der Waals surface area (Å²) < 4.78 is 0. The van der Waals surface area contributed by atoms with Crippen LogP contribution in [-0.4, -0.2) is 23.5 Å². The molecule has 0 aliphatic carbocycles. The Labute approximate surface area is 58.0 Å². The van der Waals surface area contributed by atoms with Crippen LogP contribution in [0.3, 0.4) is 0 Å². The molecule has 1 saturated heterocycles. The van der Waals surface area contributed by atoms with Gasteiger partial charge in [0.05, 0.1) is 0 Å². The third-order valence-electron chi connectivity index (χ3n) is 2.39. The van der Waals surface area contributed by atoms with E-state index < -0.39 is 0 Å². The number of likely N-dealkylation sites (tertiary alicyclic amines) is 1. The molecule has 1 heterocycles. The zero-order chi connectivity index (χ0) is 6.85. The Balaban J connectivity index is 2.44. The van der Waals surface area contributed by atoms with E-state index in [2.05, 4.69) is 25.7 Å². The van der Waals surface area contributed by atoms with E-state index in [1.54, 1.807) is 0 Å². The van der Waals surface area contributed by atoms with E-state index in [0.29, 0.717) is 0 Å². The molecule has 1 fully saturated rings. The van der Waals surface area contributed by atoms with Gasteiger partial charge in [0.1, 0.15) is 0 Å². The minimum Gasteiger partial charge on any atom is -0.298 e. The summed E-state index contributed by atoms with van der Waals surface area (Å²) in [6.45, 7) is 9.44. The van der Waals surface area contributed by atoms with Crippen LogP contribution in [0.4, 0.5) is 0 Å². The van der Waals surface area contributed by atoms with Crippen LogP contribution in [0.25, 0.3) is 0 Å². The third kappa shape index (κ3) is 1.26. The molecule has 2 atom stereocenters. The quantitative estimate of drug-likeness (QED) is 0.517. The van der Waals surface area contributed by atoms with Gasteiger partial charge in [-0.25, -0.2) is 0 Å². The lowest BCUT2D eigenvalue weighted by Gasteiger charge is -2.23. The highest BCUT2D eigenvalue weighted by Gasteiger charge is 2.24. The van der Waals surface area contributed by atoms with Crippen LogP contribution in [0.2, 0.25) is 0 Å². The molecular formula is C8H16N. The second-order valence-corrected chi connectivity index (χ2v) is 3.01. The van der Waals surface area contributed by atoms with Crippen LogP contribution in [0.5, 0.6) is 0 Å². The molecule has 1 rings (SSSR count). The minimum atomic E-state index is 0.775. The van der Waals surface area contributed by atoms with Crippen LogP contribution in [-0.2, 0) is 0 Å². The molecule has 1 aliphatic rings. The highest BCUT2D eigenvalue weighted by molar-refractivity contribution is 4.82. The van der Waals surface area contributed by atoms with Crippen LogP contribution in [0, 0.1) is 6.92 Å². The number of hydrogen-bond donors (Lipinski definition) is 0. The van der Waals surface area contributed by atoms with Crippen molar-refractivity contribution >= 4 is 0 Å². The van der Waals surface area contributed by atoms with Crippen LogP contribution in [0.15, 0.2) is 0 Å². The van der Waals surface area contributed by atoms with Gasteiger partial charge in [0.2, 0.25) is 0 Å². The SMILES string of the molecule is [CH2]CN1C(C)CCC1C. The van der Waals surface area contributed by atoms with Gasteiger partial charge in [0.15, 0.2) is 0 Å². The summed E-state index contributed by atoms with van der Waals surface area (Å²) in [6, 6.07) is 1.55. The first kappa shape index (κ1) is 7.07. The molecule has 0 aromatic rings. The lowest BCUT2D eigenvalue weighted by molar-refractivity contribution is 0.238. The topological polar surface area (TPSA) is 3.24 Å². The number of rotatable bonds is 1. The van der Waals surface area contributed by atoms with Gasteiger partial charge in [0, 0.05) is 12.1 Å². The van der Waals surface area contributed by atoms with Crippen LogP contribution < -0.4 is 0 Å². The molecule has 2 unspecified atom stereocenters. The summed E-state index contributed by atoms with van der Waals surface area (Å²) in [5.41, 5.74) is 0. The molecule has 1 radical (unpaired) electrons. The Morgan fingerprint density at radius 3 is 2.00 bits per heavy atom. The smallest absolute Gasteiger partial charge is 0.00703 e. The summed E-state index contributed by atoms with van der Waals surface area (Å²) in [6.07, 6.45) is 2.72. The maximum absolute atomic E-state index is 3.89. The molecule has 9 heavy (non-hydrogen) atoms. The Morgan fingerprint density at radius 2 is 1.78 bits per heavy atom. The Kier molecular flexibility index (Phi) is 2.12. The van der Waals surface area contributed by atoms with Crippen molar-refractivity contribution in [1.29, 1.82) is 0 Å². The first-order valence-electron chi connectivity index (χ1n) is 3.80. The van der Waals surface area contributed by atoms with Gasteiger partial charge < -0.3 is 0 Å².